The molecule has 0 aromatic heterocycles. The lowest BCUT2D eigenvalue weighted by molar-refractivity contribution is -0.144. The van der Waals surface area contributed by atoms with Gasteiger partial charge in [0.2, 0.25) is 18.6 Å². The van der Waals surface area contributed by atoms with Crippen molar-refractivity contribution >= 4 is 17.8 Å². The third kappa shape index (κ3) is 7.33. The molecule has 1 N–H and O–H groups in total. The Bertz CT molecular complexity index is 1090. The zero-order chi connectivity index (χ0) is 29.7. The zero-order valence-electron chi connectivity index (χ0n) is 25.4. The number of nitrogens with zero attached hydrogens (tertiary/aromatic N) is 4. The van der Waals surface area contributed by atoms with Gasteiger partial charge >= 0.3 is 5.97 Å². The first-order chi connectivity index (χ1) is 19.5. The predicted octanol–water partition coefficient (Wildman–Crippen LogP) is 3.11. The molecular formula is C31H48N4O6. The summed E-state index contributed by atoms with van der Waals surface area (Å²) < 4.78 is 11.1. The van der Waals surface area contributed by atoms with Gasteiger partial charge in [-0.3, -0.25) is 19.3 Å². The van der Waals surface area contributed by atoms with Crippen LogP contribution < -0.4 is 9.47 Å². The van der Waals surface area contributed by atoms with Crippen molar-refractivity contribution in [2.45, 2.75) is 64.8 Å². The molecule has 3 aliphatic heterocycles. The van der Waals surface area contributed by atoms with Gasteiger partial charge in [-0.05, 0) is 64.0 Å². The molecule has 3 atom stereocenters. The molecule has 228 valence electrons. The van der Waals surface area contributed by atoms with Crippen LogP contribution in [0.15, 0.2) is 18.2 Å². The van der Waals surface area contributed by atoms with Crippen LogP contribution in [0.5, 0.6) is 11.5 Å². The molecule has 2 amide bonds. The average molecular weight is 573 g/mol. The Morgan fingerprint density at radius 1 is 1.10 bits per heavy atom. The molecule has 10 nitrogen and oxygen atoms in total. The highest BCUT2D eigenvalue weighted by molar-refractivity contribution is 5.84. The standard InChI is InChI=1S/C31H48N4O6/c1-6-7-14-33(15-8-13-32(4)5)27(36)20-35-19-23(22-9-10-25-26(18-22)41-21-40-25)28(29(37)38)24(35)11-16-34-17-12-31(2,3)30(34)39/h9-10,18,23-24,28H,6-8,11-17,19-21H2,1-5H3,(H,37,38). The highest BCUT2D eigenvalue weighted by Gasteiger charge is 2.48. The maximum absolute atomic E-state index is 13.7. The van der Waals surface area contributed by atoms with Gasteiger partial charge < -0.3 is 29.3 Å². The van der Waals surface area contributed by atoms with Crippen LogP contribution in [0.4, 0.5) is 0 Å². The minimum Gasteiger partial charge on any atom is -0.481 e. The molecule has 2 fully saturated rings. The summed E-state index contributed by atoms with van der Waals surface area (Å²) >= 11 is 0. The van der Waals surface area contributed by atoms with Crippen LogP contribution in [0.3, 0.4) is 0 Å². The van der Waals surface area contributed by atoms with E-state index in [2.05, 4.69) is 16.7 Å². The van der Waals surface area contributed by atoms with E-state index in [0.29, 0.717) is 50.6 Å². The van der Waals surface area contributed by atoms with E-state index in [4.69, 9.17) is 9.47 Å². The first kappa shape index (κ1) is 31.1. The molecule has 1 aromatic rings. The topological polar surface area (TPSA) is 103 Å². The number of amides is 2. The Balaban J connectivity index is 1.56. The molecule has 3 heterocycles. The Morgan fingerprint density at radius 2 is 1.83 bits per heavy atom. The summed E-state index contributed by atoms with van der Waals surface area (Å²) in [5.41, 5.74) is 0.479. The predicted molar refractivity (Wildman–Crippen MR) is 156 cm³/mol. The molecule has 2 saturated heterocycles. The molecular weight excluding hydrogens is 524 g/mol. The number of rotatable bonds is 14. The van der Waals surface area contributed by atoms with Crippen LogP contribution in [0.2, 0.25) is 0 Å². The third-order valence-electron chi connectivity index (χ3n) is 8.93. The molecule has 10 heteroatoms. The minimum atomic E-state index is -0.880. The van der Waals surface area contributed by atoms with E-state index < -0.39 is 11.9 Å². The Morgan fingerprint density at radius 3 is 2.49 bits per heavy atom. The number of carboxylic acid groups (broad SMARTS) is 1. The Labute approximate surface area is 244 Å². The van der Waals surface area contributed by atoms with Crippen LogP contribution in [-0.2, 0) is 14.4 Å². The largest absolute Gasteiger partial charge is 0.481 e. The lowest BCUT2D eigenvalue weighted by Crippen LogP contribution is -2.46. The highest BCUT2D eigenvalue weighted by Crippen LogP contribution is 2.43. The van der Waals surface area contributed by atoms with E-state index in [1.165, 1.54) is 0 Å². The molecule has 0 radical (unpaired) electrons. The number of fused-ring (bicyclic) bond motifs is 1. The van der Waals surface area contributed by atoms with Gasteiger partial charge in [-0.25, -0.2) is 0 Å². The van der Waals surface area contributed by atoms with Crippen LogP contribution in [0, 0.1) is 11.3 Å². The smallest absolute Gasteiger partial charge is 0.308 e. The van der Waals surface area contributed by atoms with Crippen LogP contribution in [-0.4, -0.2) is 115 Å². The van der Waals surface area contributed by atoms with Crippen molar-refractivity contribution in [3.63, 3.8) is 0 Å². The van der Waals surface area contributed by atoms with E-state index >= 15 is 0 Å². The molecule has 0 spiro atoms. The number of carboxylic acids is 1. The SMILES string of the molecule is CCCCN(CCCN(C)C)C(=O)CN1CC(c2ccc3c(c2)OCO3)C(C(=O)O)C1CCN1CCC(C)(C)C1=O. The number of benzene rings is 1. The summed E-state index contributed by atoms with van der Waals surface area (Å²) in [6.07, 6.45) is 4.11. The van der Waals surface area contributed by atoms with Crippen molar-refractivity contribution in [3.05, 3.63) is 23.8 Å². The number of carbonyl (C=O) groups is 3. The molecule has 0 saturated carbocycles. The van der Waals surface area contributed by atoms with Crippen LogP contribution in [0.1, 0.15) is 64.4 Å². The summed E-state index contributed by atoms with van der Waals surface area (Å²) in [5, 5.41) is 10.5. The molecule has 0 bridgehead atoms. The second kappa shape index (κ2) is 13.4. The number of likely N-dealkylation sites (tertiary alicyclic amines) is 2. The van der Waals surface area contributed by atoms with Gasteiger partial charge in [-0.1, -0.05) is 33.3 Å². The maximum Gasteiger partial charge on any atom is 0.308 e. The van der Waals surface area contributed by atoms with Gasteiger partial charge in [0, 0.05) is 50.1 Å². The Kier molecular flexibility index (Phi) is 10.2. The zero-order valence-corrected chi connectivity index (χ0v) is 25.4. The second-order valence-electron chi connectivity index (χ2n) is 12.7. The van der Waals surface area contributed by atoms with E-state index in [9.17, 15) is 19.5 Å². The third-order valence-corrected chi connectivity index (χ3v) is 8.93. The molecule has 3 aliphatic rings. The molecule has 4 rings (SSSR count). The highest BCUT2D eigenvalue weighted by atomic mass is 16.7. The molecule has 3 unspecified atom stereocenters. The number of ether oxygens (including phenoxy) is 2. The van der Waals surface area contributed by atoms with Crippen molar-refractivity contribution in [2.24, 2.45) is 11.3 Å². The molecule has 41 heavy (non-hydrogen) atoms. The van der Waals surface area contributed by atoms with Gasteiger partial charge in [0.05, 0.1) is 12.5 Å². The van der Waals surface area contributed by atoms with Gasteiger partial charge in [-0.2, -0.15) is 0 Å². The first-order valence-corrected chi connectivity index (χ1v) is 15.1. The van der Waals surface area contributed by atoms with Gasteiger partial charge in [0.25, 0.3) is 0 Å². The van der Waals surface area contributed by atoms with E-state index in [1.54, 1.807) is 0 Å². The number of carbonyl (C=O) groups excluding carboxylic acids is 2. The number of aliphatic carboxylic acids is 1. The quantitative estimate of drug-likeness (QED) is 0.363. The van der Waals surface area contributed by atoms with Crippen LogP contribution in [0.25, 0.3) is 0 Å². The summed E-state index contributed by atoms with van der Waals surface area (Å²) in [7, 11) is 4.06. The normalized spacial score (nSPS) is 23.5. The summed E-state index contributed by atoms with van der Waals surface area (Å²) in [6, 6.07) is 5.25. The van der Waals surface area contributed by atoms with Gasteiger partial charge in [0.15, 0.2) is 11.5 Å². The van der Waals surface area contributed by atoms with Gasteiger partial charge in [-0.15, -0.1) is 0 Å². The van der Waals surface area contributed by atoms with Gasteiger partial charge in [0.1, 0.15) is 0 Å². The van der Waals surface area contributed by atoms with E-state index in [0.717, 1.165) is 37.8 Å². The Hall–Kier alpha value is -2.85. The van der Waals surface area contributed by atoms with Crippen LogP contribution >= 0.6 is 0 Å². The van der Waals surface area contributed by atoms with Crippen molar-refractivity contribution in [3.8, 4) is 11.5 Å². The summed E-state index contributed by atoms with van der Waals surface area (Å²) in [5.74, 6) is -0.486. The van der Waals surface area contributed by atoms with Crippen molar-refractivity contribution in [1.29, 1.82) is 0 Å². The monoisotopic (exact) mass is 572 g/mol. The van der Waals surface area contributed by atoms with E-state index in [-0.39, 0.29) is 42.5 Å². The number of hydrogen-bond acceptors (Lipinski definition) is 7. The second-order valence-corrected chi connectivity index (χ2v) is 12.7. The number of unbranched alkanes of at least 4 members (excludes halogenated alkanes) is 1. The fourth-order valence-corrected chi connectivity index (χ4v) is 6.45. The molecule has 0 aliphatic carbocycles. The van der Waals surface area contributed by atoms with Crippen molar-refractivity contribution < 1.29 is 29.0 Å². The number of hydrogen-bond donors (Lipinski definition) is 1. The van der Waals surface area contributed by atoms with Crippen molar-refractivity contribution in [1.82, 2.24) is 19.6 Å². The lowest BCUT2D eigenvalue weighted by atomic mass is 9.84. The van der Waals surface area contributed by atoms with E-state index in [1.807, 2.05) is 55.9 Å². The minimum absolute atomic E-state index is 0.0380. The summed E-state index contributed by atoms with van der Waals surface area (Å²) in [6.45, 7) is 10.3. The maximum atomic E-state index is 13.7. The fourth-order valence-electron chi connectivity index (χ4n) is 6.45. The molecule has 1 aromatic carbocycles. The average Bonchev–Trinajstić information content (AvgIpc) is 3.60. The fraction of sp³-hybridized carbons (Fsp3) is 0.710. The first-order valence-electron chi connectivity index (χ1n) is 15.1. The van der Waals surface area contributed by atoms with Crippen molar-refractivity contribution in [2.75, 3.05) is 66.7 Å². The lowest BCUT2D eigenvalue weighted by Gasteiger charge is -2.31. The summed E-state index contributed by atoms with van der Waals surface area (Å²) in [4.78, 5) is 47.5.